The van der Waals surface area contributed by atoms with Gasteiger partial charge in [-0.3, -0.25) is 0 Å². The van der Waals surface area contributed by atoms with E-state index in [1.54, 1.807) is 18.7 Å². The number of aromatic nitrogens is 4. The molecule has 0 saturated carbocycles. The van der Waals surface area contributed by atoms with Crippen molar-refractivity contribution in [2.24, 2.45) is 0 Å². The van der Waals surface area contributed by atoms with E-state index in [9.17, 15) is 4.79 Å². The molecule has 0 aliphatic carbocycles. The first-order valence-electron chi connectivity index (χ1n) is 6.74. The normalized spacial score (nSPS) is 16.6. The summed E-state index contributed by atoms with van der Waals surface area (Å²) < 4.78 is 12.5. The Labute approximate surface area is 140 Å². The average molecular weight is 380 g/mol. The van der Waals surface area contributed by atoms with E-state index in [4.69, 9.17) is 9.47 Å². The van der Waals surface area contributed by atoms with Gasteiger partial charge < -0.3 is 14.8 Å². The Bertz CT molecular complexity index is 801. The largest absolute Gasteiger partial charge is 0.496 e. The number of fused-ring (bicyclic) bond motifs is 1. The number of benzene rings is 1. The van der Waals surface area contributed by atoms with Crippen molar-refractivity contribution in [3.05, 3.63) is 39.5 Å². The number of nitrogens with one attached hydrogen (secondary N) is 1. The van der Waals surface area contributed by atoms with E-state index in [0.29, 0.717) is 23.0 Å². The van der Waals surface area contributed by atoms with E-state index in [1.165, 1.54) is 7.11 Å². The summed E-state index contributed by atoms with van der Waals surface area (Å²) in [7, 11) is 2.94. The van der Waals surface area contributed by atoms with Crippen molar-refractivity contribution in [1.82, 2.24) is 20.2 Å². The van der Waals surface area contributed by atoms with Crippen LogP contribution in [-0.4, -0.2) is 40.4 Å². The molecule has 0 bridgehead atoms. The van der Waals surface area contributed by atoms with Crippen molar-refractivity contribution < 1.29 is 14.3 Å². The van der Waals surface area contributed by atoms with E-state index in [1.807, 2.05) is 18.2 Å². The molecule has 1 unspecified atom stereocenters. The van der Waals surface area contributed by atoms with Crippen LogP contribution in [0, 0.1) is 0 Å². The first-order chi connectivity index (χ1) is 11.1. The van der Waals surface area contributed by atoms with Gasteiger partial charge in [0.2, 0.25) is 5.95 Å². The van der Waals surface area contributed by atoms with Crippen LogP contribution >= 0.6 is 15.9 Å². The van der Waals surface area contributed by atoms with Gasteiger partial charge in [0.15, 0.2) is 0 Å². The Kier molecular flexibility index (Phi) is 4.03. The Hall–Kier alpha value is -2.42. The fraction of sp³-hybridized carbons (Fsp3) is 0.286. The molecule has 2 aromatic rings. The van der Waals surface area contributed by atoms with Crippen LogP contribution < -0.4 is 10.1 Å². The quantitative estimate of drug-likeness (QED) is 0.814. The summed E-state index contributed by atoms with van der Waals surface area (Å²) in [6.45, 7) is 1.79. The van der Waals surface area contributed by atoms with Gasteiger partial charge >= 0.3 is 5.97 Å². The smallest absolute Gasteiger partial charge is 0.338 e. The number of hydrogen-bond acceptors (Lipinski definition) is 7. The third kappa shape index (κ3) is 2.56. The van der Waals surface area contributed by atoms with Crippen molar-refractivity contribution in [2.45, 2.75) is 13.0 Å². The number of allylic oxidation sites excluding steroid dienone is 1. The molecule has 0 saturated heterocycles. The molecule has 23 heavy (non-hydrogen) atoms. The number of halogens is 1. The second kappa shape index (κ2) is 5.99. The molecule has 3 rings (SSSR count). The monoisotopic (exact) mass is 379 g/mol. The summed E-state index contributed by atoms with van der Waals surface area (Å²) in [5.74, 6) is 0.722. The third-order valence-corrected chi connectivity index (χ3v) is 4.23. The number of esters is 1. The highest BCUT2D eigenvalue weighted by molar-refractivity contribution is 9.10. The number of methoxy groups -OCH3 is 2. The van der Waals surface area contributed by atoms with Crippen molar-refractivity contribution in [3.8, 4) is 5.75 Å². The molecular weight excluding hydrogens is 366 g/mol. The van der Waals surface area contributed by atoms with Gasteiger partial charge in [-0.05, 0) is 51.0 Å². The first-order valence-corrected chi connectivity index (χ1v) is 7.53. The zero-order valence-electron chi connectivity index (χ0n) is 12.7. The van der Waals surface area contributed by atoms with E-state index in [-0.39, 0.29) is 0 Å². The number of hydrogen-bond donors (Lipinski definition) is 1. The fourth-order valence-electron chi connectivity index (χ4n) is 2.55. The number of rotatable bonds is 3. The van der Waals surface area contributed by atoms with Crippen molar-refractivity contribution in [3.63, 3.8) is 0 Å². The van der Waals surface area contributed by atoms with Gasteiger partial charge in [-0.25, -0.2) is 4.79 Å². The molecule has 1 aliphatic heterocycles. The summed E-state index contributed by atoms with van der Waals surface area (Å²) in [5, 5.41) is 14.6. The van der Waals surface area contributed by atoms with Crippen molar-refractivity contribution in [1.29, 1.82) is 0 Å². The molecule has 1 atom stereocenters. The predicted octanol–water partition coefficient (Wildman–Crippen LogP) is 1.91. The number of nitrogens with zero attached hydrogens (tertiary/aromatic N) is 4. The number of tetrazole rings is 1. The van der Waals surface area contributed by atoms with Gasteiger partial charge in [0, 0.05) is 5.70 Å². The molecule has 0 radical (unpaired) electrons. The summed E-state index contributed by atoms with van der Waals surface area (Å²) >= 11 is 3.46. The Morgan fingerprint density at radius 2 is 2.17 bits per heavy atom. The molecule has 120 valence electrons. The number of anilines is 1. The zero-order valence-corrected chi connectivity index (χ0v) is 14.3. The highest BCUT2D eigenvalue weighted by atomic mass is 79.9. The van der Waals surface area contributed by atoms with Gasteiger partial charge in [0.25, 0.3) is 0 Å². The summed E-state index contributed by atoms with van der Waals surface area (Å²) in [4.78, 5) is 12.3. The highest BCUT2D eigenvalue weighted by Gasteiger charge is 2.34. The fourth-order valence-corrected chi connectivity index (χ4v) is 3.11. The lowest BCUT2D eigenvalue weighted by atomic mass is 9.96. The predicted molar refractivity (Wildman–Crippen MR) is 85.0 cm³/mol. The summed E-state index contributed by atoms with van der Waals surface area (Å²) in [6, 6.07) is 5.06. The van der Waals surface area contributed by atoms with E-state index in [2.05, 4.69) is 36.8 Å². The molecule has 1 aliphatic rings. The van der Waals surface area contributed by atoms with Crippen LogP contribution in [0.2, 0.25) is 0 Å². The van der Waals surface area contributed by atoms with Crippen LogP contribution in [0.15, 0.2) is 33.9 Å². The number of ether oxygens (including phenoxy) is 2. The molecule has 9 heteroatoms. The van der Waals surface area contributed by atoms with Crippen LogP contribution in [0.25, 0.3) is 0 Å². The van der Waals surface area contributed by atoms with E-state index < -0.39 is 12.0 Å². The first kappa shape index (κ1) is 15.5. The molecule has 1 aromatic carbocycles. The van der Waals surface area contributed by atoms with Crippen molar-refractivity contribution >= 4 is 27.8 Å². The molecule has 1 N–H and O–H groups in total. The maximum atomic E-state index is 12.3. The molecule has 0 fully saturated rings. The van der Waals surface area contributed by atoms with Gasteiger partial charge in [-0.2, -0.15) is 4.68 Å². The van der Waals surface area contributed by atoms with Crippen LogP contribution in [0.1, 0.15) is 18.5 Å². The molecule has 8 nitrogen and oxygen atoms in total. The number of carbonyl (C=O) groups is 1. The molecular formula is C14H14BrN5O3. The van der Waals surface area contributed by atoms with E-state index >= 15 is 0 Å². The van der Waals surface area contributed by atoms with Crippen LogP contribution in [0.5, 0.6) is 5.75 Å². The van der Waals surface area contributed by atoms with Crippen LogP contribution in [0.3, 0.4) is 0 Å². The van der Waals surface area contributed by atoms with Gasteiger partial charge in [-0.1, -0.05) is 11.2 Å². The molecule has 1 aromatic heterocycles. The SMILES string of the molecule is COC(=O)C1=C(C)Nc2nnnn2C1c1ccc(OC)c(Br)c1. The lowest BCUT2D eigenvalue weighted by Crippen LogP contribution is -2.29. The molecule has 0 spiro atoms. The Morgan fingerprint density at radius 3 is 2.83 bits per heavy atom. The second-order valence-corrected chi connectivity index (χ2v) is 5.75. The lowest BCUT2D eigenvalue weighted by molar-refractivity contribution is -0.136. The van der Waals surface area contributed by atoms with Gasteiger partial charge in [0.05, 0.1) is 24.3 Å². The maximum Gasteiger partial charge on any atom is 0.338 e. The topological polar surface area (TPSA) is 91.2 Å². The number of carbonyl (C=O) groups excluding carboxylic acids is 1. The molecule has 2 heterocycles. The minimum atomic E-state index is -0.490. The summed E-state index contributed by atoms with van der Waals surface area (Å²) in [5.41, 5.74) is 1.92. The third-order valence-electron chi connectivity index (χ3n) is 3.61. The van der Waals surface area contributed by atoms with Crippen molar-refractivity contribution in [2.75, 3.05) is 19.5 Å². The lowest BCUT2D eigenvalue weighted by Gasteiger charge is -2.27. The minimum absolute atomic E-state index is 0.437. The molecule has 0 amide bonds. The van der Waals surface area contributed by atoms with Gasteiger partial charge in [0.1, 0.15) is 11.8 Å². The minimum Gasteiger partial charge on any atom is -0.496 e. The highest BCUT2D eigenvalue weighted by Crippen LogP contribution is 2.37. The van der Waals surface area contributed by atoms with Crippen LogP contribution in [-0.2, 0) is 9.53 Å². The second-order valence-electron chi connectivity index (χ2n) is 4.90. The zero-order chi connectivity index (χ0) is 16.6. The standard InChI is InChI=1S/C14H14BrN5O3/c1-7-11(13(21)23-3)12(20-14(16-7)17-18-19-20)8-4-5-10(22-2)9(15)6-8/h4-6,12H,1-3H3,(H,16,17,19). The summed E-state index contributed by atoms with van der Waals surface area (Å²) in [6.07, 6.45) is 0. The van der Waals surface area contributed by atoms with Gasteiger partial charge in [-0.15, -0.1) is 0 Å². The Balaban J connectivity index is 2.17. The maximum absolute atomic E-state index is 12.3. The Morgan fingerprint density at radius 1 is 1.39 bits per heavy atom. The van der Waals surface area contributed by atoms with Crippen LogP contribution in [0.4, 0.5) is 5.95 Å². The van der Waals surface area contributed by atoms with E-state index in [0.717, 1.165) is 10.0 Å². The average Bonchev–Trinajstić information content (AvgIpc) is 3.00.